The Morgan fingerprint density at radius 1 is 0.944 bits per heavy atom. The molecule has 0 amide bonds. The SMILES string of the molecule is CCOc1ccc(-n2cc(OC(=O)CC(C)C)c3c2nc(CC(C)C)n2c4ccccc4nc32)cc1. The Balaban J connectivity index is 1.80. The van der Waals surface area contributed by atoms with Crippen molar-refractivity contribution in [3.8, 4) is 17.2 Å². The van der Waals surface area contributed by atoms with E-state index in [0.717, 1.165) is 45.7 Å². The average molecular weight is 485 g/mol. The molecule has 0 aliphatic carbocycles. The topological polar surface area (TPSA) is 70.7 Å². The number of carbonyl (C=O) groups is 1. The maximum atomic E-state index is 12.8. The van der Waals surface area contributed by atoms with Crippen LogP contribution in [0.1, 0.15) is 46.9 Å². The molecule has 0 saturated heterocycles. The number of rotatable bonds is 8. The third-order valence-electron chi connectivity index (χ3n) is 6.04. The Bertz CT molecular complexity index is 1540. The summed E-state index contributed by atoms with van der Waals surface area (Å²) in [5, 5.41) is 0.727. The second-order valence-corrected chi connectivity index (χ2v) is 9.95. The van der Waals surface area contributed by atoms with E-state index in [1.807, 2.05) is 74.0 Å². The van der Waals surface area contributed by atoms with Gasteiger partial charge in [-0.25, -0.2) is 9.97 Å². The van der Waals surface area contributed by atoms with Crippen molar-refractivity contribution in [2.24, 2.45) is 11.8 Å². The fourth-order valence-corrected chi connectivity index (χ4v) is 4.56. The zero-order valence-electron chi connectivity index (χ0n) is 21.5. The third-order valence-corrected chi connectivity index (χ3v) is 6.04. The van der Waals surface area contributed by atoms with Crippen molar-refractivity contribution >= 4 is 33.7 Å². The van der Waals surface area contributed by atoms with Gasteiger partial charge in [0.2, 0.25) is 0 Å². The van der Waals surface area contributed by atoms with Crippen molar-refractivity contribution in [3.63, 3.8) is 0 Å². The summed E-state index contributed by atoms with van der Waals surface area (Å²) in [6, 6.07) is 15.9. The molecule has 3 aromatic heterocycles. The molecule has 0 atom stereocenters. The summed E-state index contributed by atoms with van der Waals surface area (Å²) in [6.45, 7) is 10.9. The highest BCUT2D eigenvalue weighted by molar-refractivity contribution is 6.01. The number of benzene rings is 2. The molecule has 0 aliphatic rings. The van der Waals surface area contributed by atoms with Crippen LogP contribution < -0.4 is 9.47 Å². The van der Waals surface area contributed by atoms with E-state index in [1.54, 1.807) is 0 Å². The van der Waals surface area contributed by atoms with E-state index in [-0.39, 0.29) is 11.9 Å². The number of carbonyl (C=O) groups excluding carboxylic acids is 1. The van der Waals surface area contributed by atoms with Crippen molar-refractivity contribution in [1.82, 2.24) is 18.9 Å². The van der Waals surface area contributed by atoms with Gasteiger partial charge in [-0.2, -0.15) is 0 Å². The van der Waals surface area contributed by atoms with Crippen LogP contribution in [0.3, 0.4) is 0 Å². The molecule has 0 unspecified atom stereocenters. The molecule has 7 nitrogen and oxygen atoms in total. The van der Waals surface area contributed by atoms with Crippen LogP contribution in [0.4, 0.5) is 0 Å². The standard InChI is InChI=1S/C29H32N4O3/c1-6-35-21-13-11-20(12-14-21)32-17-24(36-26(34)16-19(4)5)27-28(32)31-25(15-18(2)3)33-23-10-8-7-9-22(23)30-29(27)33/h7-14,17-19H,6,15-16H2,1-5H3. The van der Waals surface area contributed by atoms with Crippen LogP contribution in [0, 0.1) is 11.8 Å². The van der Waals surface area contributed by atoms with E-state index in [0.29, 0.717) is 30.3 Å². The second kappa shape index (κ2) is 9.64. The minimum absolute atomic E-state index is 0.196. The predicted molar refractivity (Wildman–Crippen MR) is 142 cm³/mol. The second-order valence-electron chi connectivity index (χ2n) is 9.95. The molecule has 5 aromatic rings. The third kappa shape index (κ3) is 4.41. The first-order chi connectivity index (χ1) is 17.4. The Morgan fingerprint density at radius 3 is 2.39 bits per heavy atom. The van der Waals surface area contributed by atoms with Gasteiger partial charge in [0.15, 0.2) is 17.0 Å². The molecule has 0 radical (unpaired) electrons. The van der Waals surface area contributed by atoms with Gasteiger partial charge >= 0.3 is 5.97 Å². The van der Waals surface area contributed by atoms with Crippen LogP contribution in [-0.2, 0) is 11.2 Å². The minimum atomic E-state index is -0.267. The first-order valence-electron chi connectivity index (χ1n) is 12.6. The number of hydrogen-bond donors (Lipinski definition) is 0. The van der Waals surface area contributed by atoms with Crippen molar-refractivity contribution in [1.29, 1.82) is 0 Å². The largest absolute Gasteiger partial charge is 0.494 e. The Kier molecular flexibility index (Phi) is 6.39. The summed E-state index contributed by atoms with van der Waals surface area (Å²) in [4.78, 5) is 22.9. The molecule has 0 N–H and O–H groups in total. The fourth-order valence-electron chi connectivity index (χ4n) is 4.56. The quantitative estimate of drug-likeness (QED) is 0.239. The first kappa shape index (κ1) is 23.9. The lowest BCUT2D eigenvalue weighted by molar-refractivity contribution is -0.135. The smallest absolute Gasteiger partial charge is 0.311 e. The fraction of sp³-hybridized carbons (Fsp3) is 0.345. The van der Waals surface area contributed by atoms with Gasteiger partial charge in [0.1, 0.15) is 17.0 Å². The van der Waals surface area contributed by atoms with Gasteiger partial charge in [-0.05, 0) is 55.2 Å². The van der Waals surface area contributed by atoms with Crippen LogP contribution in [0.15, 0.2) is 54.7 Å². The number of hydrogen-bond acceptors (Lipinski definition) is 5. The lowest BCUT2D eigenvalue weighted by Crippen LogP contribution is -2.11. The number of aromatic nitrogens is 4. The van der Waals surface area contributed by atoms with E-state index in [9.17, 15) is 4.79 Å². The molecule has 5 rings (SSSR count). The van der Waals surface area contributed by atoms with Gasteiger partial charge in [-0.15, -0.1) is 0 Å². The number of imidazole rings is 1. The molecule has 0 aliphatic heterocycles. The predicted octanol–water partition coefficient (Wildman–Crippen LogP) is 6.38. The Hall–Kier alpha value is -3.87. The summed E-state index contributed by atoms with van der Waals surface area (Å²) < 4.78 is 15.7. The summed E-state index contributed by atoms with van der Waals surface area (Å²) in [5.41, 5.74) is 4.23. The van der Waals surface area contributed by atoms with Gasteiger partial charge in [-0.3, -0.25) is 13.8 Å². The van der Waals surface area contributed by atoms with Crippen molar-refractivity contribution in [3.05, 3.63) is 60.6 Å². The molecular formula is C29H32N4O3. The maximum absolute atomic E-state index is 12.8. The summed E-state index contributed by atoms with van der Waals surface area (Å²) in [7, 11) is 0. The van der Waals surface area contributed by atoms with E-state index in [4.69, 9.17) is 19.4 Å². The Morgan fingerprint density at radius 2 is 1.69 bits per heavy atom. The van der Waals surface area contributed by atoms with Gasteiger partial charge in [-0.1, -0.05) is 39.8 Å². The van der Waals surface area contributed by atoms with E-state index >= 15 is 0 Å². The van der Waals surface area contributed by atoms with Gasteiger partial charge < -0.3 is 9.47 Å². The van der Waals surface area contributed by atoms with Crippen LogP contribution in [0.5, 0.6) is 11.5 Å². The van der Waals surface area contributed by atoms with Gasteiger partial charge in [0, 0.05) is 18.5 Å². The van der Waals surface area contributed by atoms with Crippen molar-refractivity contribution < 1.29 is 14.3 Å². The van der Waals surface area contributed by atoms with E-state index in [2.05, 4.69) is 24.3 Å². The average Bonchev–Trinajstić information content (AvgIpc) is 3.37. The van der Waals surface area contributed by atoms with E-state index < -0.39 is 0 Å². The number of ether oxygens (including phenoxy) is 2. The molecular weight excluding hydrogens is 452 g/mol. The summed E-state index contributed by atoms with van der Waals surface area (Å²) in [6.07, 6.45) is 2.97. The first-order valence-corrected chi connectivity index (χ1v) is 12.6. The van der Waals surface area contributed by atoms with Gasteiger partial charge in [0.25, 0.3) is 0 Å². The molecule has 3 heterocycles. The summed E-state index contributed by atoms with van der Waals surface area (Å²) >= 11 is 0. The zero-order valence-corrected chi connectivity index (χ0v) is 21.5. The van der Waals surface area contributed by atoms with Crippen molar-refractivity contribution in [2.75, 3.05) is 6.61 Å². The molecule has 186 valence electrons. The highest BCUT2D eigenvalue weighted by Crippen LogP contribution is 2.36. The monoisotopic (exact) mass is 484 g/mol. The number of nitrogens with zero attached hydrogens (tertiary/aromatic N) is 4. The van der Waals surface area contributed by atoms with Crippen LogP contribution in [0.25, 0.3) is 33.4 Å². The molecule has 2 aromatic carbocycles. The number of fused-ring (bicyclic) bond motifs is 5. The van der Waals surface area contributed by atoms with Gasteiger partial charge in [0.05, 0.1) is 23.8 Å². The Labute approximate surface area is 210 Å². The minimum Gasteiger partial charge on any atom is -0.494 e. The lowest BCUT2D eigenvalue weighted by Gasteiger charge is -2.11. The van der Waals surface area contributed by atoms with E-state index in [1.165, 1.54) is 0 Å². The molecule has 0 saturated carbocycles. The van der Waals surface area contributed by atoms with Crippen LogP contribution >= 0.6 is 0 Å². The molecule has 0 fully saturated rings. The van der Waals surface area contributed by atoms with Crippen LogP contribution in [0.2, 0.25) is 0 Å². The molecule has 0 bridgehead atoms. The zero-order chi connectivity index (χ0) is 25.4. The molecule has 36 heavy (non-hydrogen) atoms. The normalized spacial score (nSPS) is 11.9. The maximum Gasteiger partial charge on any atom is 0.311 e. The number of para-hydroxylation sites is 2. The lowest BCUT2D eigenvalue weighted by atomic mass is 10.1. The van der Waals surface area contributed by atoms with Crippen molar-refractivity contribution in [2.45, 2.75) is 47.5 Å². The summed E-state index contributed by atoms with van der Waals surface area (Å²) in [5.74, 6) is 2.52. The highest BCUT2D eigenvalue weighted by atomic mass is 16.5. The molecule has 0 spiro atoms. The number of esters is 1. The van der Waals surface area contributed by atoms with Crippen LogP contribution in [-0.4, -0.2) is 31.5 Å². The molecule has 7 heteroatoms. The highest BCUT2D eigenvalue weighted by Gasteiger charge is 2.23.